The Morgan fingerprint density at radius 3 is 1.98 bits per heavy atom. The Kier molecular flexibility index (Phi) is 12.7. The number of fused-ring (bicyclic) bond motifs is 2. The molecule has 15 nitrogen and oxygen atoms in total. The Labute approximate surface area is 350 Å². The van der Waals surface area contributed by atoms with Crippen molar-refractivity contribution in [3.05, 3.63) is 109 Å². The van der Waals surface area contributed by atoms with E-state index in [2.05, 4.69) is 41.0 Å². The normalized spacial score (nSPS) is 22.0. The van der Waals surface area contributed by atoms with Crippen molar-refractivity contribution in [1.29, 1.82) is 0 Å². The molecular weight excluding hydrogens is 837 g/mol. The third-order valence-corrected chi connectivity index (χ3v) is 17.9. The van der Waals surface area contributed by atoms with Gasteiger partial charge in [-0.3, -0.25) is 18.7 Å². The highest BCUT2D eigenvalue weighted by Crippen LogP contribution is 2.65. The van der Waals surface area contributed by atoms with Crippen molar-refractivity contribution in [2.75, 3.05) is 31.7 Å². The number of hydrogen-bond donors (Lipinski definition) is 2. The lowest BCUT2D eigenvalue weighted by Gasteiger charge is -2.43. The molecule has 7 rings (SSSR count). The Morgan fingerprint density at radius 1 is 0.852 bits per heavy atom. The third kappa shape index (κ3) is 8.40. The second-order valence-corrected chi connectivity index (χ2v) is 21.8. The summed E-state index contributed by atoms with van der Waals surface area (Å²) in [5.41, 5.74) is -1.86. The molecular formula is C41H46F3N6O9PSi. The highest BCUT2D eigenvalue weighted by Gasteiger charge is 2.68. The number of amides is 2. The van der Waals surface area contributed by atoms with Crippen molar-refractivity contribution in [1.82, 2.24) is 24.8 Å². The molecule has 2 saturated heterocycles. The van der Waals surface area contributed by atoms with Gasteiger partial charge in [-0.25, -0.2) is 15.0 Å². The first-order chi connectivity index (χ1) is 29.1. The SMILES string of the molecule is CCOP(=O)(OCC)[C@]1(CNC(=O)C(F)(F)F)O[C@@H]2[C@H](O1)[C@@H](CO[Si](c1ccccc1)(c1ccccc1)C(C)(C)C)O[C@H]2n1cnc2c(NC(=O)c3ccccc3)ncnc21. The number of alkyl halides is 3. The van der Waals surface area contributed by atoms with Crippen LogP contribution in [0.25, 0.3) is 11.2 Å². The fraction of sp³-hybridized carbons (Fsp3) is 0.390. The van der Waals surface area contributed by atoms with Crippen LogP contribution in [0.1, 0.15) is 51.2 Å². The lowest BCUT2D eigenvalue weighted by molar-refractivity contribution is -0.190. The van der Waals surface area contributed by atoms with Gasteiger partial charge < -0.3 is 38.3 Å². The van der Waals surface area contributed by atoms with E-state index in [9.17, 15) is 27.3 Å². The smallest absolute Gasteiger partial charge is 0.405 e. The van der Waals surface area contributed by atoms with Gasteiger partial charge in [0.1, 0.15) is 24.6 Å². The van der Waals surface area contributed by atoms with E-state index < -0.39 is 75.6 Å². The molecule has 0 bridgehead atoms. The number of halogens is 3. The van der Waals surface area contributed by atoms with Crippen LogP contribution in [0.5, 0.6) is 0 Å². The van der Waals surface area contributed by atoms with Crippen LogP contribution >= 0.6 is 7.60 Å². The Balaban J connectivity index is 1.32. The maximum Gasteiger partial charge on any atom is 0.471 e. The fourth-order valence-corrected chi connectivity index (χ4v) is 14.3. The lowest BCUT2D eigenvalue weighted by Crippen LogP contribution is -2.67. The van der Waals surface area contributed by atoms with Crippen molar-refractivity contribution < 1.29 is 55.0 Å². The van der Waals surface area contributed by atoms with E-state index in [0.717, 1.165) is 10.4 Å². The summed E-state index contributed by atoms with van der Waals surface area (Å²) in [5.74, 6) is -2.69. The van der Waals surface area contributed by atoms with Crippen LogP contribution in [0.2, 0.25) is 5.04 Å². The first-order valence-corrected chi connectivity index (χ1v) is 23.1. The molecule has 2 N–H and O–H groups in total. The fourth-order valence-electron chi connectivity index (χ4n) is 7.83. The number of benzene rings is 3. The number of anilines is 1. The van der Waals surface area contributed by atoms with Crippen LogP contribution in [-0.2, 0) is 37.0 Å². The quantitative estimate of drug-likeness (QED) is 0.0938. The van der Waals surface area contributed by atoms with E-state index in [0.29, 0.717) is 5.56 Å². The zero-order valence-electron chi connectivity index (χ0n) is 34.0. The monoisotopic (exact) mass is 882 g/mol. The zero-order chi connectivity index (χ0) is 43.6. The van der Waals surface area contributed by atoms with Gasteiger partial charge in [0.25, 0.3) is 19.8 Å². The summed E-state index contributed by atoms with van der Waals surface area (Å²) in [6.45, 7) is 7.66. The molecule has 2 amide bonds. The van der Waals surface area contributed by atoms with Gasteiger partial charge in [0.15, 0.2) is 23.2 Å². The van der Waals surface area contributed by atoms with Gasteiger partial charge in [0, 0.05) is 5.56 Å². The van der Waals surface area contributed by atoms with Crippen LogP contribution in [0, 0.1) is 0 Å². The van der Waals surface area contributed by atoms with E-state index in [-0.39, 0.29) is 36.8 Å². The number of carbonyl (C=O) groups excluding carboxylic acids is 2. The van der Waals surface area contributed by atoms with Crippen molar-refractivity contribution >= 4 is 55.1 Å². The van der Waals surface area contributed by atoms with Gasteiger partial charge >= 0.3 is 19.7 Å². The summed E-state index contributed by atoms with van der Waals surface area (Å²) in [5, 5.41) is 6.00. The van der Waals surface area contributed by atoms with E-state index in [1.807, 2.05) is 60.7 Å². The molecule has 5 atom stereocenters. The molecule has 2 aromatic heterocycles. The highest BCUT2D eigenvalue weighted by atomic mass is 31.2. The van der Waals surface area contributed by atoms with Gasteiger partial charge in [0.05, 0.1) is 32.7 Å². The van der Waals surface area contributed by atoms with Gasteiger partial charge in [-0.15, -0.1) is 0 Å². The van der Waals surface area contributed by atoms with Crippen molar-refractivity contribution in [2.45, 2.75) is 75.9 Å². The maximum absolute atomic E-state index is 14.8. The molecule has 0 spiro atoms. The molecule has 2 aliphatic heterocycles. The summed E-state index contributed by atoms with van der Waals surface area (Å²) in [6, 6.07) is 28.1. The lowest BCUT2D eigenvalue weighted by atomic mass is 10.1. The van der Waals surface area contributed by atoms with E-state index >= 15 is 0 Å². The first kappa shape index (κ1) is 44.2. The summed E-state index contributed by atoms with van der Waals surface area (Å²) in [7, 11) is -7.91. The average Bonchev–Trinajstić information content (AvgIpc) is 3.94. The predicted molar refractivity (Wildman–Crippen MR) is 220 cm³/mol. The van der Waals surface area contributed by atoms with Crippen molar-refractivity contribution in [3.63, 3.8) is 0 Å². The predicted octanol–water partition coefficient (Wildman–Crippen LogP) is 5.94. The average molecular weight is 883 g/mol. The van der Waals surface area contributed by atoms with Gasteiger partial charge in [-0.05, 0) is 41.4 Å². The molecule has 0 aliphatic carbocycles. The number of imidazole rings is 1. The number of carbonyl (C=O) groups is 2. The third-order valence-electron chi connectivity index (χ3n) is 10.5. The Bertz CT molecular complexity index is 2330. The van der Waals surface area contributed by atoms with Crippen LogP contribution in [-0.4, -0.2) is 96.0 Å². The summed E-state index contributed by atoms with van der Waals surface area (Å²) < 4.78 is 95.4. The topological polar surface area (TPSA) is 174 Å². The highest BCUT2D eigenvalue weighted by molar-refractivity contribution is 7.55. The minimum absolute atomic E-state index is 0.0868. The summed E-state index contributed by atoms with van der Waals surface area (Å²) in [4.78, 5) is 38.6. The summed E-state index contributed by atoms with van der Waals surface area (Å²) >= 11 is 0. The van der Waals surface area contributed by atoms with Crippen LogP contribution < -0.4 is 21.0 Å². The molecule has 324 valence electrons. The Hall–Kier alpha value is -4.85. The van der Waals surface area contributed by atoms with Gasteiger partial charge in [0.2, 0.25) is 0 Å². The van der Waals surface area contributed by atoms with Crippen LogP contribution in [0.15, 0.2) is 104 Å². The molecule has 4 heterocycles. The zero-order valence-corrected chi connectivity index (χ0v) is 35.9. The second-order valence-electron chi connectivity index (χ2n) is 15.3. The largest absolute Gasteiger partial charge is 0.471 e. The van der Waals surface area contributed by atoms with Gasteiger partial charge in [-0.1, -0.05) is 99.6 Å². The summed E-state index contributed by atoms with van der Waals surface area (Å²) in [6.07, 6.45) is -7.44. The van der Waals surface area contributed by atoms with E-state index in [1.165, 1.54) is 31.1 Å². The van der Waals surface area contributed by atoms with E-state index in [1.54, 1.807) is 35.6 Å². The van der Waals surface area contributed by atoms with Crippen LogP contribution in [0.4, 0.5) is 19.0 Å². The molecule has 2 fully saturated rings. The number of nitrogens with zero attached hydrogens (tertiary/aromatic N) is 4. The number of rotatable bonds is 15. The molecule has 0 radical (unpaired) electrons. The van der Waals surface area contributed by atoms with Crippen molar-refractivity contribution in [2.24, 2.45) is 0 Å². The van der Waals surface area contributed by atoms with Crippen LogP contribution in [0.3, 0.4) is 0 Å². The molecule has 61 heavy (non-hydrogen) atoms. The molecule has 0 unspecified atom stereocenters. The molecule has 20 heteroatoms. The second kappa shape index (κ2) is 17.5. The molecule has 2 aliphatic rings. The Morgan fingerprint density at radius 2 is 1.43 bits per heavy atom. The molecule has 0 saturated carbocycles. The number of aromatic nitrogens is 4. The first-order valence-electron chi connectivity index (χ1n) is 19.6. The number of nitrogens with one attached hydrogen (secondary N) is 2. The molecule has 3 aromatic carbocycles. The van der Waals surface area contributed by atoms with E-state index in [4.69, 9.17) is 27.7 Å². The number of hydrogen-bond acceptors (Lipinski definition) is 12. The standard InChI is InChI=1S/C41H46F3N6O9PSi/c1-6-54-60(53,55-7-2)40(24-45-38(52)41(42,43)44)58-32-30(23-56-61(39(3,4)5,28-19-13-9-14-20-28)29-21-15-10-16-22-29)57-37(33(32)59-40)50-26-48-31-34(46-25-47-35(31)50)49-36(51)27-17-11-8-12-18-27/h8-22,25-26,30,32-33,37H,6-7,23-24H2,1-5H3,(H,45,52)(H,46,47,49,51)/t30-,32-,33-,37-,40+/m1/s1. The van der Waals surface area contributed by atoms with Gasteiger partial charge in [-0.2, -0.15) is 13.2 Å². The number of ether oxygens (including phenoxy) is 3. The van der Waals surface area contributed by atoms with Crippen molar-refractivity contribution in [3.8, 4) is 0 Å². The minimum Gasteiger partial charge on any atom is -0.405 e. The maximum atomic E-state index is 14.8. The minimum atomic E-state index is -5.29. The molecule has 5 aromatic rings.